The van der Waals surface area contributed by atoms with Crippen molar-refractivity contribution in [2.24, 2.45) is 0 Å². The summed E-state index contributed by atoms with van der Waals surface area (Å²) in [5.41, 5.74) is 0.343. The summed E-state index contributed by atoms with van der Waals surface area (Å²) in [4.78, 5) is 22.4. The summed E-state index contributed by atoms with van der Waals surface area (Å²) in [6, 6.07) is 2.77. The van der Waals surface area contributed by atoms with E-state index in [9.17, 15) is 22.4 Å². The van der Waals surface area contributed by atoms with Crippen LogP contribution in [0.3, 0.4) is 0 Å². The molecule has 0 radical (unpaired) electrons. The van der Waals surface area contributed by atoms with Crippen molar-refractivity contribution in [2.75, 3.05) is 25.1 Å². The van der Waals surface area contributed by atoms with Crippen molar-refractivity contribution in [1.29, 1.82) is 0 Å². The van der Waals surface area contributed by atoms with Crippen molar-refractivity contribution in [3.05, 3.63) is 47.5 Å². The van der Waals surface area contributed by atoms with E-state index in [4.69, 9.17) is 4.74 Å². The Morgan fingerprint density at radius 1 is 1.24 bits per heavy atom. The molecular formula is C18H16F4N4O3. The number of halogens is 4. The topological polar surface area (TPSA) is 76.6 Å². The normalized spacial score (nSPS) is 17.4. The van der Waals surface area contributed by atoms with Crippen molar-refractivity contribution in [3.8, 4) is 5.75 Å². The summed E-state index contributed by atoms with van der Waals surface area (Å²) < 4.78 is 59.4. The Morgan fingerprint density at radius 3 is 2.52 bits per heavy atom. The molecule has 2 fully saturated rings. The second-order valence-electron chi connectivity index (χ2n) is 6.92. The lowest BCUT2D eigenvalue weighted by atomic mass is 9.82. The second-order valence-corrected chi connectivity index (χ2v) is 6.92. The molecule has 1 aromatic carbocycles. The summed E-state index contributed by atoms with van der Waals surface area (Å²) in [7, 11) is 0. The molecule has 0 atom stereocenters. The predicted octanol–water partition coefficient (Wildman–Crippen LogP) is 2.74. The number of amides is 1. The van der Waals surface area contributed by atoms with E-state index in [1.165, 1.54) is 12.4 Å². The minimum absolute atomic E-state index is 0.0359. The Morgan fingerprint density at radius 2 is 1.97 bits per heavy atom. The summed E-state index contributed by atoms with van der Waals surface area (Å²) in [5, 5.41) is 2.77. The zero-order valence-electron chi connectivity index (χ0n) is 15.0. The van der Waals surface area contributed by atoms with Gasteiger partial charge in [-0.25, -0.2) is 14.4 Å². The maximum atomic E-state index is 13.5. The SMILES string of the molecule is O=C(c1cnc(NCc2cc(F)cc(OC(F)(F)F)c2)nc1)N1CCC12COC2. The number of ether oxygens (including phenoxy) is 2. The van der Waals surface area contributed by atoms with Crippen LogP contribution in [-0.4, -0.2) is 52.4 Å². The molecule has 1 amide bonds. The van der Waals surface area contributed by atoms with Crippen LogP contribution in [0.4, 0.5) is 23.5 Å². The Kier molecular flexibility index (Phi) is 4.77. The predicted molar refractivity (Wildman–Crippen MR) is 91.6 cm³/mol. The van der Waals surface area contributed by atoms with Crippen LogP contribution in [0.2, 0.25) is 0 Å². The van der Waals surface area contributed by atoms with Gasteiger partial charge in [0.15, 0.2) is 0 Å². The minimum atomic E-state index is -4.91. The fraction of sp³-hybridized carbons (Fsp3) is 0.389. The monoisotopic (exact) mass is 412 g/mol. The van der Waals surface area contributed by atoms with Gasteiger partial charge in [-0.2, -0.15) is 0 Å². The van der Waals surface area contributed by atoms with E-state index in [0.717, 1.165) is 18.6 Å². The molecule has 2 aliphatic rings. The van der Waals surface area contributed by atoms with E-state index >= 15 is 0 Å². The molecule has 0 saturated carbocycles. The molecule has 1 aromatic heterocycles. The first-order chi connectivity index (χ1) is 13.7. The quantitative estimate of drug-likeness (QED) is 0.762. The average Bonchev–Trinajstić information content (AvgIpc) is 2.56. The Hall–Kier alpha value is -2.95. The fourth-order valence-corrected chi connectivity index (χ4v) is 3.28. The Bertz CT molecular complexity index is 911. The molecule has 0 aliphatic carbocycles. The van der Waals surface area contributed by atoms with Crippen molar-refractivity contribution in [2.45, 2.75) is 24.9 Å². The van der Waals surface area contributed by atoms with Crippen LogP contribution in [0.1, 0.15) is 22.3 Å². The van der Waals surface area contributed by atoms with Crippen molar-refractivity contribution >= 4 is 11.9 Å². The highest BCUT2D eigenvalue weighted by atomic mass is 19.4. The average molecular weight is 412 g/mol. The van der Waals surface area contributed by atoms with Gasteiger partial charge in [0.05, 0.1) is 24.3 Å². The highest BCUT2D eigenvalue weighted by Crippen LogP contribution is 2.38. The smallest absolute Gasteiger partial charge is 0.406 e. The third kappa shape index (κ3) is 4.09. The van der Waals surface area contributed by atoms with Crippen LogP contribution < -0.4 is 10.1 Å². The number of hydrogen-bond acceptors (Lipinski definition) is 6. The van der Waals surface area contributed by atoms with Gasteiger partial charge in [0, 0.05) is 31.5 Å². The van der Waals surface area contributed by atoms with Crippen LogP contribution in [-0.2, 0) is 11.3 Å². The van der Waals surface area contributed by atoms with Gasteiger partial charge >= 0.3 is 6.36 Å². The zero-order chi connectivity index (χ0) is 20.6. The molecule has 4 rings (SSSR count). The van der Waals surface area contributed by atoms with E-state index in [0.29, 0.717) is 31.4 Å². The molecule has 3 heterocycles. The lowest BCUT2D eigenvalue weighted by Gasteiger charge is -2.57. The largest absolute Gasteiger partial charge is 0.573 e. The van der Waals surface area contributed by atoms with E-state index in [1.54, 1.807) is 4.90 Å². The summed E-state index contributed by atoms with van der Waals surface area (Å²) in [6.45, 7) is 1.69. The van der Waals surface area contributed by atoms with Gasteiger partial charge in [0.25, 0.3) is 5.91 Å². The number of carbonyl (C=O) groups is 1. The molecule has 0 bridgehead atoms. The maximum Gasteiger partial charge on any atom is 0.573 e. The summed E-state index contributed by atoms with van der Waals surface area (Å²) in [6.07, 6.45) is -1.27. The number of alkyl halides is 3. The first-order valence-electron chi connectivity index (χ1n) is 8.75. The molecule has 1 N–H and O–H groups in total. The van der Waals surface area contributed by atoms with Gasteiger partial charge in [-0.1, -0.05) is 0 Å². The highest BCUT2D eigenvalue weighted by molar-refractivity contribution is 5.95. The number of benzene rings is 1. The van der Waals surface area contributed by atoms with Crippen LogP contribution >= 0.6 is 0 Å². The lowest BCUT2D eigenvalue weighted by molar-refractivity contribution is -0.274. The Balaban J connectivity index is 1.38. The molecule has 7 nitrogen and oxygen atoms in total. The molecule has 0 unspecified atom stereocenters. The number of hydrogen-bond donors (Lipinski definition) is 1. The van der Waals surface area contributed by atoms with Gasteiger partial charge in [-0.15, -0.1) is 13.2 Å². The maximum absolute atomic E-state index is 13.5. The molecule has 154 valence electrons. The number of likely N-dealkylation sites (tertiary alicyclic amines) is 1. The van der Waals surface area contributed by atoms with Gasteiger partial charge in [0.1, 0.15) is 11.6 Å². The highest BCUT2D eigenvalue weighted by Gasteiger charge is 2.53. The van der Waals surface area contributed by atoms with Gasteiger partial charge in [-0.3, -0.25) is 4.79 Å². The van der Waals surface area contributed by atoms with Crippen LogP contribution in [0.5, 0.6) is 5.75 Å². The standard InChI is InChI=1S/C18H16F4N4O3/c19-13-3-11(4-14(5-13)29-18(20,21)22)6-23-16-24-7-12(8-25-16)15(27)26-2-1-17(26)9-28-10-17/h3-5,7-8H,1-2,6,9-10H2,(H,23,24,25). The lowest BCUT2D eigenvalue weighted by Crippen LogP contribution is -2.72. The molecular weight excluding hydrogens is 396 g/mol. The molecule has 29 heavy (non-hydrogen) atoms. The number of anilines is 1. The third-order valence-corrected chi connectivity index (χ3v) is 4.87. The van der Waals surface area contributed by atoms with E-state index in [-0.39, 0.29) is 29.5 Å². The first-order valence-corrected chi connectivity index (χ1v) is 8.75. The first kappa shape index (κ1) is 19.4. The van der Waals surface area contributed by atoms with Gasteiger partial charge in [-0.05, 0) is 24.1 Å². The molecule has 2 aliphatic heterocycles. The number of nitrogens with one attached hydrogen (secondary N) is 1. The molecule has 1 spiro atoms. The molecule has 2 saturated heterocycles. The van der Waals surface area contributed by atoms with Crippen molar-refractivity contribution < 1.29 is 31.8 Å². The molecule has 2 aromatic rings. The Labute approximate surface area is 162 Å². The van der Waals surface area contributed by atoms with Gasteiger partial charge < -0.3 is 19.7 Å². The third-order valence-electron chi connectivity index (χ3n) is 4.87. The van der Waals surface area contributed by atoms with E-state index in [1.807, 2.05) is 0 Å². The van der Waals surface area contributed by atoms with E-state index < -0.39 is 17.9 Å². The van der Waals surface area contributed by atoms with E-state index in [2.05, 4.69) is 20.0 Å². The minimum Gasteiger partial charge on any atom is -0.406 e. The number of carbonyl (C=O) groups excluding carboxylic acids is 1. The van der Waals surface area contributed by atoms with Crippen molar-refractivity contribution in [1.82, 2.24) is 14.9 Å². The number of rotatable bonds is 5. The van der Waals surface area contributed by atoms with Crippen LogP contribution in [0.25, 0.3) is 0 Å². The summed E-state index contributed by atoms with van der Waals surface area (Å²) >= 11 is 0. The van der Waals surface area contributed by atoms with Gasteiger partial charge in [0.2, 0.25) is 5.95 Å². The summed E-state index contributed by atoms with van der Waals surface area (Å²) in [5.74, 6) is -1.55. The zero-order valence-corrected chi connectivity index (χ0v) is 15.0. The fourth-order valence-electron chi connectivity index (χ4n) is 3.28. The molecule has 11 heteroatoms. The van der Waals surface area contributed by atoms with Crippen molar-refractivity contribution in [3.63, 3.8) is 0 Å². The number of aromatic nitrogens is 2. The number of nitrogens with zero attached hydrogens (tertiary/aromatic N) is 3. The second kappa shape index (κ2) is 7.14. The van der Waals surface area contributed by atoms with Crippen LogP contribution in [0.15, 0.2) is 30.6 Å². The van der Waals surface area contributed by atoms with Crippen LogP contribution in [0, 0.1) is 5.82 Å².